The lowest BCUT2D eigenvalue weighted by Gasteiger charge is -2.26. The molecule has 20 heavy (non-hydrogen) atoms. The number of aliphatic carboxylic acids is 1. The molecule has 0 aromatic carbocycles. The minimum absolute atomic E-state index is 0.303. The lowest BCUT2D eigenvalue weighted by Crippen LogP contribution is -2.53. The smallest absolute Gasteiger partial charge is 0.326 e. The van der Waals surface area contributed by atoms with Crippen LogP contribution in [0.15, 0.2) is 0 Å². The van der Waals surface area contributed by atoms with Crippen LogP contribution >= 0.6 is 0 Å². The first-order valence-electron chi connectivity index (χ1n) is 6.91. The molecule has 1 aliphatic rings. The van der Waals surface area contributed by atoms with Crippen LogP contribution in [0.25, 0.3) is 0 Å². The SMILES string of the molecule is CCCC[C@H](NC(=O)C(C)(C)S(=O)(=O)C1CC1)C(=O)O. The van der Waals surface area contributed by atoms with Crippen molar-refractivity contribution in [3.63, 3.8) is 0 Å². The molecule has 6 nitrogen and oxygen atoms in total. The summed E-state index contributed by atoms with van der Waals surface area (Å²) in [7, 11) is -3.56. The van der Waals surface area contributed by atoms with Crippen LogP contribution in [-0.2, 0) is 19.4 Å². The summed E-state index contributed by atoms with van der Waals surface area (Å²) in [4.78, 5) is 23.3. The van der Waals surface area contributed by atoms with Gasteiger partial charge in [0.15, 0.2) is 9.84 Å². The molecule has 1 atom stereocenters. The Morgan fingerprint density at radius 1 is 1.35 bits per heavy atom. The second-order valence-electron chi connectivity index (χ2n) is 5.76. The van der Waals surface area contributed by atoms with Crippen molar-refractivity contribution >= 4 is 21.7 Å². The summed E-state index contributed by atoms with van der Waals surface area (Å²) in [6.45, 7) is 4.60. The maximum atomic E-state index is 12.2. The lowest BCUT2D eigenvalue weighted by atomic mass is 10.1. The molecule has 0 heterocycles. The summed E-state index contributed by atoms with van der Waals surface area (Å²) in [5, 5.41) is 11.0. The number of carboxylic acids is 1. The molecule has 1 rings (SSSR count). The first kappa shape index (κ1) is 16.9. The predicted octanol–water partition coefficient (Wildman–Crippen LogP) is 1.10. The maximum Gasteiger partial charge on any atom is 0.326 e. The molecule has 0 radical (unpaired) electrons. The third-order valence-corrected chi connectivity index (χ3v) is 6.63. The summed E-state index contributed by atoms with van der Waals surface area (Å²) >= 11 is 0. The van der Waals surface area contributed by atoms with Crippen molar-refractivity contribution in [2.24, 2.45) is 0 Å². The van der Waals surface area contributed by atoms with Gasteiger partial charge in [-0.2, -0.15) is 0 Å². The van der Waals surface area contributed by atoms with E-state index in [1.165, 1.54) is 13.8 Å². The van der Waals surface area contributed by atoms with E-state index in [4.69, 9.17) is 5.11 Å². The van der Waals surface area contributed by atoms with Crippen molar-refractivity contribution in [3.05, 3.63) is 0 Å². The van der Waals surface area contributed by atoms with Crippen LogP contribution in [0.4, 0.5) is 0 Å². The number of unbranched alkanes of at least 4 members (excludes halogenated alkanes) is 1. The summed E-state index contributed by atoms with van der Waals surface area (Å²) in [6.07, 6.45) is 2.93. The molecule has 1 aliphatic carbocycles. The average molecular weight is 305 g/mol. The minimum atomic E-state index is -3.56. The molecular formula is C13H23NO5S. The molecule has 1 fully saturated rings. The van der Waals surface area contributed by atoms with Crippen LogP contribution in [0.1, 0.15) is 52.9 Å². The van der Waals surface area contributed by atoms with Crippen LogP contribution in [0.3, 0.4) is 0 Å². The van der Waals surface area contributed by atoms with Gasteiger partial charge in [0.1, 0.15) is 10.8 Å². The van der Waals surface area contributed by atoms with Gasteiger partial charge in [0.05, 0.1) is 5.25 Å². The molecule has 2 N–H and O–H groups in total. The fraction of sp³-hybridized carbons (Fsp3) is 0.846. The molecule has 0 aromatic heterocycles. The Bertz CT molecular complexity index is 479. The number of rotatable bonds is 8. The monoisotopic (exact) mass is 305 g/mol. The van der Waals surface area contributed by atoms with Gasteiger partial charge in [-0.1, -0.05) is 19.8 Å². The van der Waals surface area contributed by atoms with E-state index in [0.29, 0.717) is 25.7 Å². The second-order valence-corrected chi connectivity index (χ2v) is 8.54. The molecule has 0 bridgehead atoms. The highest BCUT2D eigenvalue weighted by atomic mass is 32.2. The van der Waals surface area contributed by atoms with E-state index in [1.54, 1.807) is 0 Å². The van der Waals surface area contributed by atoms with E-state index in [0.717, 1.165) is 6.42 Å². The number of nitrogens with one attached hydrogen (secondary N) is 1. The molecule has 0 unspecified atom stereocenters. The highest BCUT2D eigenvalue weighted by Gasteiger charge is 2.50. The fourth-order valence-corrected chi connectivity index (χ4v) is 3.83. The fourth-order valence-electron chi connectivity index (χ4n) is 1.92. The highest BCUT2D eigenvalue weighted by molar-refractivity contribution is 7.94. The Kier molecular flexibility index (Phi) is 5.18. The van der Waals surface area contributed by atoms with Gasteiger partial charge in [0, 0.05) is 0 Å². The normalized spacial score (nSPS) is 17.6. The van der Waals surface area contributed by atoms with Crippen LogP contribution in [-0.4, -0.2) is 41.4 Å². The molecule has 0 aromatic rings. The Labute approximate surface area is 119 Å². The van der Waals surface area contributed by atoms with Crippen LogP contribution in [0.5, 0.6) is 0 Å². The zero-order valence-electron chi connectivity index (χ0n) is 12.2. The highest BCUT2D eigenvalue weighted by Crippen LogP contribution is 2.36. The van der Waals surface area contributed by atoms with Crippen LogP contribution in [0, 0.1) is 0 Å². The van der Waals surface area contributed by atoms with Gasteiger partial charge in [-0.15, -0.1) is 0 Å². The van der Waals surface area contributed by atoms with E-state index in [1.807, 2.05) is 6.92 Å². The Hall–Kier alpha value is -1.11. The van der Waals surface area contributed by atoms with Crippen LogP contribution in [0.2, 0.25) is 0 Å². The second kappa shape index (κ2) is 6.11. The van der Waals surface area contributed by atoms with Gasteiger partial charge in [0.2, 0.25) is 5.91 Å². The van der Waals surface area contributed by atoms with Gasteiger partial charge in [-0.3, -0.25) is 4.79 Å². The standard InChI is InChI=1S/C13H23NO5S/c1-4-5-6-10(11(15)16)14-12(17)13(2,3)20(18,19)9-7-8-9/h9-10H,4-8H2,1-3H3,(H,14,17)(H,15,16)/t10-/m0/s1. The minimum Gasteiger partial charge on any atom is -0.480 e. The molecule has 0 aliphatic heterocycles. The summed E-state index contributed by atoms with van der Waals surface area (Å²) in [5.41, 5.74) is 0. The van der Waals surface area contributed by atoms with E-state index >= 15 is 0 Å². The average Bonchev–Trinajstić information content (AvgIpc) is 3.17. The molecule has 1 saturated carbocycles. The third-order valence-electron chi connectivity index (χ3n) is 3.67. The summed E-state index contributed by atoms with van der Waals surface area (Å²) in [5.74, 6) is -1.86. The predicted molar refractivity (Wildman–Crippen MR) is 75.1 cm³/mol. The maximum absolute atomic E-state index is 12.2. The van der Waals surface area contributed by atoms with Crippen molar-refractivity contribution < 1.29 is 23.1 Å². The zero-order chi connectivity index (χ0) is 15.6. The van der Waals surface area contributed by atoms with Crippen molar-refractivity contribution in [1.82, 2.24) is 5.32 Å². The largest absolute Gasteiger partial charge is 0.480 e. The quantitative estimate of drug-likeness (QED) is 0.699. The first-order valence-corrected chi connectivity index (χ1v) is 8.46. The zero-order valence-corrected chi connectivity index (χ0v) is 13.0. The van der Waals surface area contributed by atoms with E-state index in [9.17, 15) is 18.0 Å². The molecule has 1 amide bonds. The van der Waals surface area contributed by atoms with Crippen molar-refractivity contribution in [2.75, 3.05) is 0 Å². The number of carbonyl (C=O) groups excluding carboxylic acids is 1. The van der Waals surface area contributed by atoms with Gasteiger partial charge >= 0.3 is 5.97 Å². The van der Waals surface area contributed by atoms with Gasteiger partial charge < -0.3 is 10.4 Å². The summed E-state index contributed by atoms with van der Waals surface area (Å²) in [6, 6.07) is -1.03. The third kappa shape index (κ3) is 3.50. The van der Waals surface area contributed by atoms with Crippen molar-refractivity contribution in [1.29, 1.82) is 0 Å². The van der Waals surface area contributed by atoms with E-state index < -0.39 is 37.8 Å². The number of carboxylic acid groups (broad SMARTS) is 1. The van der Waals surface area contributed by atoms with Crippen molar-refractivity contribution in [2.45, 2.75) is 68.9 Å². The molecule has 7 heteroatoms. The van der Waals surface area contributed by atoms with Crippen LogP contribution < -0.4 is 5.32 Å². The Balaban J connectivity index is 2.79. The Morgan fingerprint density at radius 3 is 2.30 bits per heavy atom. The number of hydrogen-bond acceptors (Lipinski definition) is 4. The first-order chi connectivity index (χ1) is 9.14. The number of hydrogen-bond donors (Lipinski definition) is 2. The van der Waals surface area contributed by atoms with Gasteiger partial charge in [-0.05, 0) is 33.1 Å². The number of carbonyl (C=O) groups is 2. The lowest BCUT2D eigenvalue weighted by molar-refractivity contribution is -0.142. The summed E-state index contributed by atoms with van der Waals surface area (Å²) < 4.78 is 22.8. The molecular weight excluding hydrogens is 282 g/mol. The number of amides is 1. The molecule has 0 saturated heterocycles. The van der Waals surface area contributed by atoms with E-state index in [-0.39, 0.29) is 0 Å². The van der Waals surface area contributed by atoms with Crippen molar-refractivity contribution in [3.8, 4) is 0 Å². The van der Waals surface area contributed by atoms with Gasteiger partial charge in [-0.25, -0.2) is 13.2 Å². The Morgan fingerprint density at radius 2 is 1.90 bits per heavy atom. The van der Waals surface area contributed by atoms with Gasteiger partial charge in [0.25, 0.3) is 0 Å². The number of sulfone groups is 1. The molecule has 0 spiro atoms. The topological polar surface area (TPSA) is 101 Å². The molecule has 116 valence electrons. The van der Waals surface area contributed by atoms with E-state index in [2.05, 4.69) is 5.32 Å².